The highest BCUT2D eigenvalue weighted by Crippen LogP contribution is 2.29. The Kier molecular flexibility index (Phi) is 4.21. The second kappa shape index (κ2) is 5.71. The third kappa shape index (κ3) is 3.54. The smallest absolute Gasteiger partial charge is 0.331 e. The minimum Gasteiger partial charge on any atom is -0.479 e. The van der Waals surface area contributed by atoms with Crippen LogP contribution in [-0.4, -0.2) is 11.1 Å². The van der Waals surface area contributed by atoms with Crippen molar-refractivity contribution in [2.45, 2.75) is 13.0 Å². The minimum atomic E-state index is -1.00. The van der Waals surface area contributed by atoms with Crippen LogP contribution in [0, 0.1) is 12.7 Å². The monoisotopic (exact) mass is 343 g/mol. The van der Waals surface area contributed by atoms with Gasteiger partial charge in [-0.15, -0.1) is 11.3 Å². The molecular weight excluding hydrogens is 333 g/mol. The van der Waals surface area contributed by atoms with Crippen molar-refractivity contribution in [2.75, 3.05) is 5.32 Å². The van der Waals surface area contributed by atoms with Crippen LogP contribution in [0.4, 0.5) is 10.1 Å². The number of nitrogens with one attached hydrogen (secondary N) is 1. The van der Waals surface area contributed by atoms with Gasteiger partial charge in [0.05, 0.1) is 0 Å². The summed E-state index contributed by atoms with van der Waals surface area (Å²) in [5.41, 5.74) is 1.19. The molecule has 0 aliphatic heterocycles. The molecule has 0 radical (unpaired) electrons. The summed E-state index contributed by atoms with van der Waals surface area (Å²) in [5.74, 6) is -1.39. The fraction of sp³-hybridized carbons (Fsp3) is 0.154. The maximum absolute atomic E-state index is 13.3. The van der Waals surface area contributed by atoms with Crippen LogP contribution < -0.4 is 5.32 Å². The lowest BCUT2D eigenvalue weighted by molar-refractivity contribution is -0.138. The van der Waals surface area contributed by atoms with Gasteiger partial charge in [-0.05, 0) is 52.7 Å². The molecule has 0 spiro atoms. The third-order valence-corrected chi connectivity index (χ3v) is 4.23. The summed E-state index contributed by atoms with van der Waals surface area (Å²) in [6, 6.07) is 5.23. The fourth-order valence-corrected chi connectivity index (χ4v) is 3.21. The summed E-state index contributed by atoms with van der Waals surface area (Å²) in [6.07, 6.45) is 0. The van der Waals surface area contributed by atoms with Gasteiger partial charge in [-0.3, -0.25) is 0 Å². The van der Waals surface area contributed by atoms with E-state index < -0.39 is 12.0 Å². The Morgan fingerprint density at radius 2 is 2.16 bits per heavy atom. The Morgan fingerprint density at radius 3 is 2.68 bits per heavy atom. The first kappa shape index (κ1) is 14.0. The summed E-state index contributed by atoms with van der Waals surface area (Å²) in [5, 5.41) is 13.9. The maximum atomic E-state index is 13.3. The Balaban J connectivity index is 2.29. The van der Waals surface area contributed by atoms with Gasteiger partial charge >= 0.3 is 5.97 Å². The van der Waals surface area contributed by atoms with E-state index in [1.165, 1.54) is 23.5 Å². The second-order valence-corrected chi connectivity index (χ2v) is 5.96. The molecule has 1 aromatic carbocycles. The largest absolute Gasteiger partial charge is 0.479 e. The zero-order chi connectivity index (χ0) is 14.0. The van der Waals surface area contributed by atoms with Crippen LogP contribution in [0.1, 0.15) is 16.5 Å². The molecule has 100 valence electrons. The van der Waals surface area contributed by atoms with E-state index in [1.807, 2.05) is 5.38 Å². The topological polar surface area (TPSA) is 49.3 Å². The van der Waals surface area contributed by atoms with Gasteiger partial charge in [-0.25, -0.2) is 9.18 Å². The first-order valence-corrected chi connectivity index (χ1v) is 7.13. The van der Waals surface area contributed by atoms with E-state index in [2.05, 4.69) is 21.2 Å². The first-order valence-electron chi connectivity index (χ1n) is 5.46. The van der Waals surface area contributed by atoms with Crippen LogP contribution in [0.15, 0.2) is 34.1 Å². The van der Waals surface area contributed by atoms with Crippen molar-refractivity contribution in [3.05, 3.63) is 50.4 Å². The highest BCUT2D eigenvalue weighted by molar-refractivity contribution is 9.10. The van der Waals surface area contributed by atoms with Gasteiger partial charge in [0, 0.05) is 20.4 Å². The highest BCUT2D eigenvalue weighted by atomic mass is 79.9. The molecule has 0 aliphatic rings. The molecule has 0 fully saturated rings. The van der Waals surface area contributed by atoms with Crippen LogP contribution in [0.2, 0.25) is 0 Å². The van der Waals surface area contributed by atoms with Gasteiger partial charge in [0.25, 0.3) is 0 Å². The lowest BCUT2D eigenvalue weighted by Gasteiger charge is -2.14. The van der Waals surface area contributed by atoms with E-state index in [0.717, 1.165) is 10.0 Å². The molecule has 0 amide bonds. The number of carbonyl (C=O) groups is 1. The van der Waals surface area contributed by atoms with Crippen LogP contribution >= 0.6 is 27.3 Å². The summed E-state index contributed by atoms with van der Waals surface area (Å²) in [4.78, 5) is 12.0. The second-order valence-electron chi connectivity index (χ2n) is 4.10. The van der Waals surface area contributed by atoms with Crippen LogP contribution in [0.5, 0.6) is 0 Å². The molecule has 0 aliphatic carbocycles. The summed E-state index contributed by atoms with van der Waals surface area (Å²) in [7, 11) is 0. The summed E-state index contributed by atoms with van der Waals surface area (Å²) in [6.45, 7) is 1.76. The van der Waals surface area contributed by atoms with E-state index in [0.29, 0.717) is 10.6 Å². The molecule has 0 saturated heterocycles. The number of rotatable bonds is 4. The molecule has 2 rings (SSSR count). The first-order chi connectivity index (χ1) is 8.95. The highest BCUT2D eigenvalue weighted by Gasteiger charge is 2.21. The van der Waals surface area contributed by atoms with Crippen LogP contribution in [0.25, 0.3) is 0 Å². The predicted octanol–water partition coefficient (Wildman–Crippen LogP) is 4.20. The number of carboxylic acid groups (broad SMARTS) is 1. The molecule has 1 unspecified atom stereocenters. The maximum Gasteiger partial charge on any atom is 0.331 e. The molecular formula is C13H11BrFNO2S. The Morgan fingerprint density at radius 1 is 1.42 bits per heavy atom. The summed E-state index contributed by atoms with van der Waals surface area (Å²) >= 11 is 4.62. The number of aliphatic carboxylic acids is 1. The zero-order valence-electron chi connectivity index (χ0n) is 9.98. The lowest BCUT2D eigenvalue weighted by Crippen LogP contribution is -2.19. The van der Waals surface area contributed by atoms with Crippen molar-refractivity contribution in [1.29, 1.82) is 0 Å². The number of benzene rings is 1. The van der Waals surface area contributed by atoms with Crippen molar-refractivity contribution in [3.63, 3.8) is 0 Å². The van der Waals surface area contributed by atoms with Gasteiger partial charge in [0.2, 0.25) is 0 Å². The normalized spacial score (nSPS) is 12.2. The number of halogens is 2. The number of hydrogen-bond acceptors (Lipinski definition) is 3. The Labute approximate surface area is 122 Å². The molecule has 3 nitrogen and oxygen atoms in total. The van der Waals surface area contributed by atoms with Gasteiger partial charge in [0.15, 0.2) is 6.04 Å². The van der Waals surface area contributed by atoms with Crippen LogP contribution in [0.3, 0.4) is 0 Å². The molecule has 1 atom stereocenters. The molecule has 19 heavy (non-hydrogen) atoms. The number of thiophene rings is 1. The molecule has 1 aromatic heterocycles. The average Bonchev–Trinajstić information content (AvgIpc) is 2.70. The van der Waals surface area contributed by atoms with Gasteiger partial charge < -0.3 is 10.4 Å². The third-order valence-electron chi connectivity index (χ3n) is 2.47. The predicted molar refractivity (Wildman–Crippen MR) is 77.2 cm³/mol. The zero-order valence-corrected chi connectivity index (χ0v) is 12.4. The lowest BCUT2D eigenvalue weighted by atomic mass is 10.2. The molecule has 0 saturated carbocycles. The van der Waals surface area contributed by atoms with E-state index in [9.17, 15) is 14.3 Å². The SMILES string of the molecule is Cc1cc(F)cc(NC(C(=O)O)c2cc(Br)cs2)c1. The Hall–Kier alpha value is -1.40. The van der Waals surface area contributed by atoms with Gasteiger partial charge in [0.1, 0.15) is 5.82 Å². The number of carboxylic acids is 1. The standard InChI is InChI=1S/C13H11BrFNO2S/c1-7-2-9(15)5-10(3-7)16-12(13(17)18)11-4-8(14)6-19-11/h2-6,12,16H,1H3,(H,17,18). The van der Waals surface area contributed by atoms with Gasteiger partial charge in [-0.2, -0.15) is 0 Å². The van der Waals surface area contributed by atoms with E-state index in [-0.39, 0.29) is 5.82 Å². The van der Waals surface area contributed by atoms with Crippen molar-refractivity contribution in [1.82, 2.24) is 0 Å². The van der Waals surface area contributed by atoms with Crippen molar-refractivity contribution < 1.29 is 14.3 Å². The molecule has 2 aromatic rings. The van der Waals surface area contributed by atoms with Gasteiger partial charge in [-0.1, -0.05) is 0 Å². The average molecular weight is 344 g/mol. The van der Waals surface area contributed by atoms with E-state index in [4.69, 9.17) is 0 Å². The number of hydrogen-bond donors (Lipinski definition) is 2. The molecule has 1 heterocycles. The van der Waals surface area contributed by atoms with Crippen molar-refractivity contribution in [3.8, 4) is 0 Å². The van der Waals surface area contributed by atoms with E-state index in [1.54, 1.807) is 19.1 Å². The quantitative estimate of drug-likeness (QED) is 0.874. The molecule has 2 N–H and O–H groups in total. The Bertz CT molecular complexity index is 594. The fourth-order valence-electron chi connectivity index (χ4n) is 1.72. The van der Waals surface area contributed by atoms with Crippen LogP contribution in [-0.2, 0) is 4.79 Å². The number of aryl methyl sites for hydroxylation is 1. The number of anilines is 1. The van der Waals surface area contributed by atoms with E-state index >= 15 is 0 Å². The van der Waals surface area contributed by atoms with Crippen molar-refractivity contribution in [2.24, 2.45) is 0 Å². The van der Waals surface area contributed by atoms with Crippen molar-refractivity contribution >= 4 is 38.9 Å². The minimum absolute atomic E-state index is 0.390. The molecule has 6 heteroatoms. The molecule has 0 bridgehead atoms. The summed E-state index contributed by atoms with van der Waals surface area (Å²) < 4.78 is 14.1.